The maximum atomic E-state index is 12.8. The molecule has 4 aromatic rings. The number of aromatic nitrogens is 3. The second-order valence-electron chi connectivity index (χ2n) is 8.15. The van der Waals surface area contributed by atoms with Crippen molar-refractivity contribution in [2.45, 2.75) is 13.5 Å². The predicted octanol–water partition coefficient (Wildman–Crippen LogP) is 4.73. The van der Waals surface area contributed by atoms with Crippen LogP contribution >= 0.6 is 11.6 Å². The van der Waals surface area contributed by atoms with Gasteiger partial charge in [0.05, 0.1) is 6.54 Å². The van der Waals surface area contributed by atoms with Crippen LogP contribution in [0.25, 0.3) is 16.9 Å². The Morgan fingerprint density at radius 3 is 2.58 bits per heavy atom. The van der Waals surface area contributed by atoms with E-state index in [1.165, 1.54) is 0 Å². The molecule has 2 aromatic carbocycles. The van der Waals surface area contributed by atoms with Gasteiger partial charge in [0.2, 0.25) is 0 Å². The van der Waals surface area contributed by atoms with Gasteiger partial charge in [-0.1, -0.05) is 35.9 Å². The summed E-state index contributed by atoms with van der Waals surface area (Å²) >= 11 is 6.18. The van der Waals surface area contributed by atoms with Crippen LogP contribution in [0.4, 0.5) is 10.5 Å². The summed E-state index contributed by atoms with van der Waals surface area (Å²) < 4.78 is 2.12. The molecule has 0 saturated carbocycles. The Bertz CT molecular complexity index is 1280. The van der Waals surface area contributed by atoms with Crippen LogP contribution in [0.2, 0.25) is 5.02 Å². The Balaban J connectivity index is 1.28. The number of fused-ring (bicyclic) bond motifs is 1. The van der Waals surface area contributed by atoms with Gasteiger partial charge in [0.1, 0.15) is 11.3 Å². The van der Waals surface area contributed by atoms with Crippen LogP contribution in [0, 0.1) is 6.92 Å². The van der Waals surface area contributed by atoms with Gasteiger partial charge in [-0.2, -0.15) is 0 Å². The number of urea groups is 1. The molecule has 8 heteroatoms. The van der Waals surface area contributed by atoms with E-state index in [1.807, 2.05) is 60.4 Å². The lowest BCUT2D eigenvalue weighted by Gasteiger charge is -2.34. The van der Waals surface area contributed by atoms with Crippen molar-refractivity contribution in [3.8, 4) is 5.69 Å². The summed E-state index contributed by atoms with van der Waals surface area (Å²) in [5.41, 5.74) is 4.40. The van der Waals surface area contributed by atoms with Crippen LogP contribution in [0.3, 0.4) is 0 Å². The molecule has 0 radical (unpaired) electrons. The molecular weight excluding hydrogens is 436 g/mol. The van der Waals surface area contributed by atoms with Crippen LogP contribution in [0.15, 0.2) is 66.9 Å². The van der Waals surface area contributed by atoms with E-state index in [2.05, 4.69) is 31.9 Å². The highest BCUT2D eigenvalue weighted by atomic mass is 35.5. The van der Waals surface area contributed by atoms with Gasteiger partial charge in [-0.05, 0) is 48.9 Å². The number of rotatable bonds is 4. The fourth-order valence-electron chi connectivity index (χ4n) is 4.16. The van der Waals surface area contributed by atoms with Crippen molar-refractivity contribution >= 4 is 34.5 Å². The number of hydrogen-bond acceptors (Lipinski definition) is 4. The maximum Gasteiger partial charge on any atom is 0.321 e. The van der Waals surface area contributed by atoms with Crippen molar-refractivity contribution in [3.63, 3.8) is 0 Å². The summed E-state index contributed by atoms with van der Waals surface area (Å²) in [6.45, 7) is 5.43. The molecule has 1 aliphatic rings. The number of carbonyl (C=O) groups is 1. The Morgan fingerprint density at radius 2 is 1.79 bits per heavy atom. The second-order valence-corrected chi connectivity index (χ2v) is 8.56. The van der Waals surface area contributed by atoms with Crippen molar-refractivity contribution < 1.29 is 4.79 Å². The smallest absolute Gasteiger partial charge is 0.321 e. The monoisotopic (exact) mass is 460 g/mol. The number of para-hydroxylation sites is 1. The highest BCUT2D eigenvalue weighted by molar-refractivity contribution is 6.31. The van der Waals surface area contributed by atoms with Crippen LogP contribution in [-0.2, 0) is 6.54 Å². The number of nitrogens with one attached hydrogen (secondary N) is 1. The zero-order chi connectivity index (χ0) is 22.8. The van der Waals surface area contributed by atoms with Gasteiger partial charge in [-0.25, -0.2) is 14.8 Å². The SMILES string of the molecule is Cc1c(Cl)cccc1NC(=O)N1CCN(Cc2nc3cccnc3n2-c2ccccc2)CC1. The van der Waals surface area contributed by atoms with Gasteiger partial charge in [-0.15, -0.1) is 0 Å². The number of imidazole rings is 1. The summed E-state index contributed by atoms with van der Waals surface area (Å²) in [6.07, 6.45) is 1.80. The first kappa shape index (κ1) is 21.4. The number of halogens is 1. The lowest BCUT2D eigenvalue weighted by Crippen LogP contribution is -2.49. The largest absolute Gasteiger partial charge is 0.322 e. The van der Waals surface area contributed by atoms with E-state index < -0.39 is 0 Å². The molecule has 1 aliphatic heterocycles. The molecule has 2 aromatic heterocycles. The molecule has 7 nitrogen and oxygen atoms in total. The van der Waals surface area contributed by atoms with E-state index in [4.69, 9.17) is 16.6 Å². The summed E-state index contributed by atoms with van der Waals surface area (Å²) in [7, 11) is 0. The Morgan fingerprint density at radius 1 is 1.00 bits per heavy atom. The molecule has 1 N–H and O–H groups in total. The number of pyridine rings is 1. The van der Waals surface area contributed by atoms with Crippen molar-refractivity contribution in [1.29, 1.82) is 0 Å². The molecule has 3 heterocycles. The highest BCUT2D eigenvalue weighted by Gasteiger charge is 2.24. The first-order chi connectivity index (χ1) is 16.1. The quantitative estimate of drug-likeness (QED) is 0.478. The first-order valence-electron chi connectivity index (χ1n) is 11.0. The maximum absolute atomic E-state index is 12.8. The molecule has 168 valence electrons. The zero-order valence-corrected chi connectivity index (χ0v) is 19.2. The number of anilines is 1. The van der Waals surface area contributed by atoms with Crippen molar-refractivity contribution in [1.82, 2.24) is 24.3 Å². The minimum absolute atomic E-state index is 0.0965. The van der Waals surface area contributed by atoms with Crippen LogP contribution in [0.1, 0.15) is 11.4 Å². The number of benzene rings is 2. The Hall–Kier alpha value is -3.42. The summed E-state index contributed by atoms with van der Waals surface area (Å²) in [5.74, 6) is 0.947. The number of amides is 2. The normalized spacial score (nSPS) is 14.5. The third-order valence-corrected chi connectivity index (χ3v) is 6.44. The van der Waals surface area contributed by atoms with Gasteiger partial charge >= 0.3 is 6.03 Å². The molecule has 5 rings (SSSR count). The third-order valence-electron chi connectivity index (χ3n) is 6.03. The van der Waals surface area contributed by atoms with Gasteiger partial charge in [0.25, 0.3) is 0 Å². The number of piperazine rings is 1. The highest BCUT2D eigenvalue weighted by Crippen LogP contribution is 2.24. The van der Waals surface area contributed by atoms with E-state index in [0.29, 0.717) is 24.7 Å². The molecule has 1 saturated heterocycles. The molecule has 2 amide bonds. The summed E-state index contributed by atoms with van der Waals surface area (Å²) in [6, 6.07) is 19.5. The van der Waals surface area contributed by atoms with Crippen LogP contribution < -0.4 is 5.32 Å². The molecule has 1 fully saturated rings. The van der Waals surface area contributed by atoms with Crippen LogP contribution in [-0.4, -0.2) is 56.5 Å². The van der Waals surface area contributed by atoms with E-state index in [-0.39, 0.29) is 6.03 Å². The average Bonchev–Trinajstić information content (AvgIpc) is 3.20. The number of carbonyl (C=O) groups excluding carboxylic acids is 1. The van der Waals surface area contributed by atoms with E-state index in [1.54, 1.807) is 6.20 Å². The number of hydrogen-bond donors (Lipinski definition) is 1. The second kappa shape index (κ2) is 9.21. The van der Waals surface area contributed by atoms with Crippen LogP contribution in [0.5, 0.6) is 0 Å². The summed E-state index contributed by atoms with van der Waals surface area (Å²) in [5, 5.41) is 3.64. The Labute approximate surface area is 197 Å². The molecule has 0 spiro atoms. The predicted molar refractivity (Wildman–Crippen MR) is 131 cm³/mol. The molecule has 33 heavy (non-hydrogen) atoms. The lowest BCUT2D eigenvalue weighted by atomic mass is 10.2. The minimum Gasteiger partial charge on any atom is -0.322 e. The zero-order valence-electron chi connectivity index (χ0n) is 18.4. The lowest BCUT2D eigenvalue weighted by molar-refractivity contribution is 0.140. The van der Waals surface area contributed by atoms with E-state index >= 15 is 0 Å². The minimum atomic E-state index is -0.0965. The van der Waals surface area contributed by atoms with Gasteiger partial charge in [-0.3, -0.25) is 9.47 Å². The van der Waals surface area contributed by atoms with Crippen molar-refractivity contribution in [2.75, 3.05) is 31.5 Å². The molecule has 0 bridgehead atoms. The van der Waals surface area contributed by atoms with E-state index in [0.717, 1.165) is 47.0 Å². The van der Waals surface area contributed by atoms with Crippen molar-refractivity contribution in [3.05, 3.63) is 83.3 Å². The molecule has 0 unspecified atom stereocenters. The van der Waals surface area contributed by atoms with Gasteiger partial charge in [0, 0.05) is 48.8 Å². The summed E-state index contributed by atoms with van der Waals surface area (Å²) in [4.78, 5) is 26.4. The topological polar surface area (TPSA) is 66.3 Å². The number of nitrogens with zero attached hydrogens (tertiary/aromatic N) is 5. The standard InChI is InChI=1S/C25H25ClN6O/c1-18-20(26)9-5-10-21(18)29-25(33)31-15-13-30(14-16-31)17-23-28-22-11-6-12-27-24(22)32(23)19-7-3-2-4-8-19/h2-12H,13-17H2,1H3,(H,29,33). The molecular formula is C25H25ClN6O. The first-order valence-corrected chi connectivity index (χ1v) is 11.4. The third kappa shape index (κ3) is 4.42. The Kier molecular flexibility index (Phi) is 5.98. The molecule has 0 aliphatic carbocycles. The fourth-order valence-corrected chi connectivity index (χ4v) is 4.33. The van der Waals surface area contributed by atoms with E-state index in [9.17, 15) is 4.79 Å². The molecule has 0 atom stereocenters. The van der Waals surface area contributed by atoms with Gasteiger partial charge in [0.15, 0.2) is 5.65 Å². The average molecular weight is 461 g/mol. The van der Waals surface area contributed by atoms with Gasteiger partial charge < -0.3 is 10.2 Å². The fraction of sp³-hybridized carbons (Fsp3) is 0.240. The van der Waals surface area contributed by atoms with Crippen molar-refractivity contribution in [2.24, 2.45) is 0 Å².